The average Bonchev–Trinajstić information content (AvgIpc) is 2.95. The normalized spacial score (nSPS) is 13.9. The summed E-state index contributed by atoms with van der Waals surface area (Å²) in [6.45, 7) is 6.02. The number of hydrogen-bond donors (Lipinski definition) is 2. The van der Waals surface area contributed by atoms with Gasteiger partial charge in [0, 0.05) is 24.2 Å². The average molecular weight is 453 g/mol. The van der Waals surface area contributed by atoms with Gasteiger partial charge in [0.2, 0.25) is 5.91 Å². The van der Waals surface area contributed by atoms with Gasteiger partial charge >= 0.3 is 0 Å². The Morgan fingerprint density at radius 1 is 1.12 bits per heavy atom. The minimum absolute atomic E-state index is 0.0237. The molecule has 176 valence electrons. The molecule has 0 radical (unpaired) electrons. The van der Waals surface area contributed by atoms with Gasteiger partial charge in [-0.15, -0.1) is 5.10 Å². The molecule has 0 bridgehead atoms. The van der Waals surface area contributed by atoms with E-state index in [9.17, 15) is 14.0 Å². The SMILES string of the molecule is CCCC/C(=N\N=C(/C)Cc1ccc(C)cc1)C(N)=O.O=C1CCCc2ccc(F)cc2N1. The highest BCUT2D eigenvalue weighted by atomic mass is 19.1. The van der Waals surface area contributed by atoms with E-state index in [1.54, 1.807) is 6.07 Å². The van der Waals surface area contributed by atoms with Gasteiger partial charge in [-0.25, -0.2) is 4.39 Å². The van der Waals surface area contributed by atoms with E-state index in [4.69, 9.17) is 5.73 Å². The quantitative estimate of drug-likeness (QED) is 0.450. The fraction of sp³-hybridized carbons (Fsp3) is 0.385. The van der Waals surface area contributed by atoms with Crippen molar-refractivity contribution in [2.24, 2.45) is 15.9 Å². The topological polar surface area (TPSA) is 96.9 Å². The second kappa shape index (κ2) is 13.3. The first-order valence-electron chi connectivity index (χ1n) is 11.3. The maximum Gasteiger partial charge on any atom is 0.264 e. The maximum absolute atomic E-state index is 12.8. The lowest BCUT2D eigenvalue weighted by atomic mass is 10.1. The molecule has 0 spiro atoms. The third kappa shape index (κ3) is 9.35. The van der Waals surface area contributed by atoms with Gasteiger partial charge in [0.25, 0.3) is 5.91 Å². The predicted molar refractivity (Wildman–Crippen MR) is 132 cm³/mol. The number of amides is 2. The molecule has 0 aliphatic carbocycles. The molecule has 0 saturated heterocycles. The lowest BCUT2D eigenvalue weighted by molar-refractivity contribution is -0.116. The van der Waals surface area contributed by atoms with Crippen LogP contribution in [0.1, 0.15) is 62.6 Å². The Labute approximate surface area is 195 Å². The highest BCUT2D eigenvalue weighted by Crippen LogP contribution is 2.22. The van der Waals surface area contributed by atoms with E-state index >= 15 is 0 Å². The Morgan fingerprint density at radius 3 is 2.52 bits per heavy atom. The number of unbranched alkanes of at least 4 members (excludes halogenated alkanes) is 1. The predicted octanol–water partition coefficient (Wildman–Crippen LogP) is 5.13. The van der Waals surface area contributed by atoms with Crippen LogP contribution in [0.2, 0.25) is 0 Å². The number of carbonyl (C=O) groups excluding carboxylic acids is 2. The van der Waals surface area contributed by atoms with Gasteiger partial charge in [-0.1, -0.05) is 49.2 Å². The fourth-order valence-corrected chi connectivity index (χ4v) is 3.28. The van der Waals surface area contributed by atoms with Crippen molar-refractivity contribution >= 4 is 28.9 Å². The smallest absolute Gasteiger partial charge is 0.264 e. The number of hydrogen-bond acceptors (Lipinski definition) is 4. The Morgan fingerprint density at radius 2 is 1.85 bits per heavy atom. The molecule has 33 heavy (non-hydrogen) atoms. The Hall–Kier alpha value is -3.35. The van der Waals surface area contributed by atoms with E-state index in [-0.39, 0.29) is 11.7 Å². The van der Waals surface area contributed by atoms with Gasteiger partial charge < -0.3 is 11.1 Å². The number of nitrogens with zero attached hydrogens (tertiary/aromatic N) is 2. The van der Waals surface area contributed by atoms with Gasteiger partial charge in [-0.3, -0.25) is 9.59 Å². The zero-order valence-electron chi connectivity index (χ0n) is 19.7. The summed E-state index contributed by atoms with van der Waals surface area (Å²) in [5.74, 6) is -0.810. The van der Waals surface area contributed by atoms with Crippen molar-refractivity contribution in [2.75, 3.05) is 5.32 Å². The Bertz CT molecular complexity index is 1010. The first kappa shape index (κ1) is 25.9. The van der Waals surface area contributed by atoms with E-state index in [0.29, 0.717) is 24.2 Å². The highest BCUT2D eigenvalue weighted by Gasteiger charge is 2.12. The third-order valence-electron chi connectivity index (χ3n) is 5.17. The summed E-state index contributed by atoms with van der Waals surface area (Å²) in [7, 11) is 0. The molecule has 2 aromatic carbocycles. The van der Waals surface area contributed by atoms with Crippen LogP contribution in [0.25, 0.3) is 0 Å². The van der Waals surface area contributed by atoms with Crippen molar-refractivity contribution in [2.45, 2.75) is 65.7 Å². The number of carbonyl (C=O) groups is 2. The summed E-state index contributed by atoms with van der Waals surface area (Å²) in [6, 6.07) is 12.8. The van der Waals surface area contributed by atoms with Gasteiger partial charge in [-0.05, 0) is 62.8 Å². The van der Waals surface area contributed by atoms with Crippen LogP contribution in [-0.2, 0) is 22.4 Å². The minimum atomic E-state index is -0.481. The van der Waals surface area contributed by atoms with Crippen molar-refractivity contribution in [3.05, 3.63) is 65.0 Å². The van der Waals surface area contributed by atoms with E-state index in [0.717, 1.165) is 43.4 Å². The first-order valence-corrected chi connectivity index (χ1v) is 11.3. The number of nitrogens with two attached hydrogens (primary N) is 1. The van der Waals surface area contributed by atoms with E-state index in [1.807, 2.05) is 6.92 Å². The van der Waals surface area contributed by atoms with Crippen molar-refractivity contribution in [3.8, 4) is 0 Å². The molecular formula is C26H33FN4O2. The Balaban J connectivity index is 0.000000254. The molecule has 0 saturated carbocycles. The molecule has 0 atom stereocenters. The van der Waals surface area contributed by atoms with E-state index in [2.05, 4.69) is 53.6 Å². The molecule has 2 amide bonds. The molecule has 7 heteroatoms. The number of anilines is 1. The monoisotopic (exact) mass is 452 g/mol. The van der Waals surface area contributed by atoms with Crippen LogP contribution in [0, 0.1) is 12.7 Å². The number of benzene rings is 2. The largest absolute Gasteiger partial charge is 0.364 e. The maximum atomic E-state index is 12.8. The van der Waals surface area contributed by atoms with Crippen LogP contribution < -0.4 is 11.1 Å². The molecule has 0 aromatic heterocycles. The lowest BCUT2D eigenvalue weighted by Crippen LogP contribution is -2.23. The van der Waals surface area contributed by atoms with Crippen LogP contribution in [0.4, 0.5) is 10.1 Å². The third-order valence-corrected chi connectivity index (χ3v) is 5.17. The number of rotatable bonds is 7. The lowest BCUT2D eigenvalue weighted by Gasteiger charge is -2.05. The van der Waals surface area contributed by atoms with Gasteiger partial charge in [0.1, 0.15) is 11.5 Å². The van der Waals surface area contributed by atoms with Gasteiger partial charge in [-0.2, -0.15) is 5.10 Å². The zero-order valence-corrected chi connectivity index (χ0v) is 19.7. The van der Waals surface area contributed by atoms with Crippen LogP contribution in [0.15, 0.2) is 52.7 Å². The number of halogens is 1. The van der Waals surface area contributed by atoms with Crippen LogP contribution in [0.3, 0.4) is 0 Å². The zero-order chi connectivity index (χ0) is 24.2. The Kier molecular flexibility index (Phi) is 10.4. The number of nitrogens with one attached hydrogen (secondary N) is 1. The minimum Gasteiger partial charge on any atom is -0.364 e. The van der Waals surface area contributed by atoms with Crippen LogP contribution >= 0.6 is 0 Å². The van der Waals surface area contributed by atoms with E-state index in [1.165, 1.54) is 23.3 Å². The summed E-state index contributed by atoms with van der Waals surface area (Å²) >= 11 is 0. The second-order valence-electron chi connectivity index (χ2n) is 8.22. The number of fused-ring (bicyclic) bond motifs is 1. The van der Waals surface area contributed by atoms with Crippen molar-refractivity contribution in [3.63, 3.8) is 0 Å². The number of aryl methyl sites for hydroxylation is 2. The first-order chi connectivity index (χ1) is 15.8. The van der Waals surface area contributed by atoms with Crippen LogP contribution in [-0.4, -0.2) is 23.2 Å². The second-order valence-corrected chi connectivity index (χ2v) is 8.22. The highest BCUT2D eigenvalue weighted by molar-refractivity contribution is 6.38. The molecule has 1 aliphatic rings. The van der Waals surface area contributed by atoms with Crippen molar-refractivity contribution in [1.82, 2.24) is 0 Å². The molecule has 3 rings (SSSR count). The van der Waals surface area contributed by atoms with Gasteiger partial charge in [0.15, 0.2) is 0 Å². The fourth-order valence-electron chi connectivity index (χ4n) is 3.28. The molecule has 3 N–H and O–H groups in total. The molecule has 6 nitrogen and oxygen atoms in total. The molecular weight excluding hydrogens is 419 g/mol. The molecule has 0 unspecified atom stereocenters. The molecule has 1 heterocycles. The van der Waals surface area contributed by atoms with Crippen molar-refractivity contribution in [1.29, 1.82) is 0 Å². The summed E-state index contributed by atoms with van der Waals surface area (Å²) < 4.78 is 12.8. The molecule has 2 aromatic rings. The standard InChI is InChI=1S/C16H23N3O.C10H10FNO/c1-4-5-6-15(16(17)20)19-18-13(3)11-14-9-7-12(2)8-10-14;11-8-5-4-7-2-1-3-10(13)12-9(7)6-8/h7-10H,4-6,11H2,1-3H3,(H2,17,20);4-6H,1-3H2,(H,12,13)/b18-13+,19-15+;. The summed E-state index contributed by atoms with van der Waals surface area (Å²) in [6.07, 6.45) is 5.42. The van der Waals surface area contributed by atoms with Crippen molar-refractivity contribution < 1.29 is 14.0 Å². The summed E-state index contributed by atoms with van der Waals surface area (Å²) in [5.41, 5.74) is 10.6. The summed E-state index contributed by atoms with van der Waals surface area (Å²) in [5, 5.41) is 10.8. The van der Waals surface area contributed by atoms with Gasteiger partial charge in [0.05, 0.1) is 0 Å². The van der Waals surface area contributed by atoms with E-state index < -0.39 is 5.91 Å². The summed E-state index contributed by atoms with van der Waals surface area (Å²) in [4.78, 5) is 22.4. The van der Waals surface area contributed by atoms with Crippen LogP contribution in [0.5, 0.6) is 0 Å². The molecule has 1 aliphatic heterocycles. The molecule has 0 fully saturated rings. The number of primary amides is 1.